The van der Waals surface area contributed by atoms with Crippen molar-refractivity contribution < 1.29 is 4.42 Å². The second-order valence-corrected chi connectivity index (χ2v) is 16.5. The number of fused-ring (bicyclic) bond motifs is 6. The number of rotatable bonds is 8. The molecule has 0 atom stereocenters. The molecule has 0 amide bonds. The molecule has 0 aliphatic carbocycles. The summed E-state index contributed by atoms with van der Waals surface area (Å²) in [5.41, 5.74) is 16.8. The van der Waals surface area contributed by atoms with E-state index in [2.05, 4.69) is 254 Å². The van der Waals surface area contributed by atoms with E-state index >= 15 is 0 Å². The van der Waals surface area contributed by atoms with Gasteiger partial charge < -0.3 is 9.32 Å². The zero-order chi connectivity index (χ0) is 42.4. The highest BCUT2D eigenvalue weighted by Crippen LogP contribution is 2.43. The number of hydrogen-bond donors (Lipinski definition) is 0. The smallest absolute Gasteiger partial charge is 0.143 e. The molecule has 12 aromatic rings. The van der Waals surface area contributed by atoms with Crippen LogP contribution in [0.2, 0.25) is 0 Å². The van der Waals surface area contributed by atoms with Crippen molar-refractivity contribution in [1.82, 2.24) is 0 Å². The van der Waals surface area contributed by atoms with Gasteiger partial charge in [0.15, 0.2) is 0 Å². The summed E-state index contributed by atoms with van der Waals surface area (Å²) in [7, 11) is 0. The minimum atomic E-state index is 0.887. The molecule has 2 heteroatoms. The largest absolute Gasteiger partial charge is 0.455 e. The molecule has 0 aliphatic heterocycles. The molecule has 0 aliphatic rings. The zero-order valence-corrected chi connectivity index (χ0v) is 35.0. The Hall–Kier alpha value is -8.46. The van der Waals surface area contributed by atoms with E-state index in [0.29, 0.717) is 0 Å². The normalized spacial score (nSPS) is 11.4. The van der Waals surface area contributed by atoms with E-state index in [4.69, 9.17) is 4.42 Å². The van der Waals surface area contributed by atoms with E-state index in [-0.39, 0.29) is 0 Å². The van der Waals surface area contributed by atoms with E-state index in [1.54, 1.807) is 0 Å². The van der Waals surface area contributed by atoms with Crippen LogP contribution in [0, 0.1) is 0 Å². The maximum Gasteiger partial charge on any atom is 0.143 e. The van der Waals surface area contributed by atoms with Gasteiger partial charge in [-0.2, -0.15) is 0 Å². The van der Waals surface area contributed by atoms with E-state index in [1.165, 1.54) is 60.7 Å². The van der Waals surface area contributed by atoms with Gasteiger partial charge in [0.1, 0.15) is 11.2 Å². The summed E-state index contributed by atoms with van der Waals surface area (Å²) in [6, 6.07) is 89.6. The molecule has 0 saturated heterocycles. The molecule has 0 saturated carbocycles. The molecule has 0 bridgehead atoms. The predicted molar refractivity (Wildman–Crippen MR) is 271 cm³/mol. The quantitative estimate of drug-likeness (QED) is 0.152. The molecule has 64 heavy (non-hydrogen) atoms. The minimum Gasteiger partial charge on any atom is -0.455 e. The number of anilines is 3. The van der Waals surface area contributed by atoms with Gasteiger partial charge in [-0.15, -0.1) is 0 Å². The van der Waals surface area contributed by atoms with Crippen LogP contribution in [-0.4, -0.2) is 0 Å². The molecule has 0 spiro atoms. The van der Waals surface area contributed by atoms with Gasteiger partial charge in [0, 0.05) is 33.2 Å². The van der Waals surface area contributed by atoms with Crippen LogP contribution in [0.15, 0.2) is 253 Å². The van der Waals surface area contributed by atoms with E-state index < -0.39 is 0 Å². The topological polar surface area (TPSA) is 16.4 Å². The lowest BCUT2D eigenvalue weighted by Crippen LogP contribution is -2.10. The SMILES string of the molecule is c1ccc(-c2cccc(-c3ccc(N(c4ccc(-c5cccc(-c6ccc7ccccc7c6)c5)cc4)c4cccc(-c5cccc6oc7c8ccccc8ccc7c56)c4)cc3)c2)cc1. The number of benzene rings is 11. The maximum absolute atomic E-state index is 6.61. The highest BCUT2D eigenvalue weighted by molar-refractivity contribution is 6.19. The Morgan fingerprint density at radius 3 is 1.47 bits per heavy atom. The van der Waals surface area contributed by atoms with E-state index in [0.717, 1.165) is 55.5 Å². The van der Waals surface area contributed by atoms with Crippen LogP contribution in [0.5, 0.6) is 0 Å². The van der Waals surface area contributed by atoms with Gasteiger partial charge in [-0.3, -0.25) is 0 Å². The highest BCUT2D eigenvalue weighted by atomic mass is 16.3. The van der Waals surface area contributed by atoms with Gasteiger partial charge in [-0.1, -0.05) is 182 Å². The van der Waals surface area contributed by atoms with E-state index in [9.17, 15) is 0 Å². The number of hydrogen-bond acceptors (Lipinski definition) is 2. The van der Waals surface area contributed by atoms with Crippen molar-refractivity contribution >= 4 is 60.5 Å². The Morgan fingerprint density at radius 1 is 0.266 bits per heavy atom. The maximum atomic E-state index is 6.61. The monoisotopic (exact) mass is 815 g/mol. The minimum absolute atomic E-state index is 0.887. The first-order chi connectivity index (χ1) is 31.7. The van der Waals surface area contributed by atoms with Gasteiger partial charge >= 0.3 is 0 Å². The van der Waals surface area contributed by atoms with Crippen molar-refractivity contribution in [2.24, 2.45) is 0 Å². The third-order valence-corrected chi connectivity index (χ3v) is 12.6. The van der Waals surface area contributed by atoms with Gasteiger partial charge in [0.2, 0.25) is 0 Å². The molecule has 300 valence electrons. The Balaban J connectivity index is 0.944. The van der Waals surface area contributed by atoms with Crippen LogP contribution in [0.25, 0.3) is 99.1 Å². The first kappa shape index (κ1) is 37.3. The van der Waals surface area contributed by atoms with Crippen molar-refractivity contribution in [3.05, 3.63) is 249 Å². The van der Waals surface area contributed by atoms with Gasteiger partial charge in [-0.25, -0.2) is 0 Å². The zero-order valence-electron chi connectivity index (χ0n) is 35.0. The third kappa shape index (κ3) is 6.79. The van der Waals surface area contributed by atoms with Gasteiger partial charge in [-0.05, 0) is 139 Å². The summed E-state index contributed by atoms with van der Waals surface area (Å²) < 4.78 is 6.61. The molecule has 11 aromatic carbocycles. The van der Waals surface area contributed by atoms with Crippen LogP contribution in [0.4, 0.5) is 17.1 Å². The van der Waals surface area contributed by atoms with Crippen LogP contribution in [-0.2, 0) is 0 Å². The third-order valence-electron chi connectivity index (χ3n) is 12.6. The van der Waals surface area contributed by atoms with Crippen molar-refractivity contribution in [3.63, 3.8) is 0 Å². The average molecular weight is 816 g/mol. The molecular weight excluding hydrogens is 775 g/mol. The van der Waals surface area contributed by atoms with Crippen molar-refractivity contribution in [1.29, 1.82) is 0 Å². The van der Waals surface area contributed by atoms with Crippen molar-refractivity contribution in [2.45, 2.75) is 0 Å². The van der Waals surface area contributed by atoms with Gasteiger partial charge in [0.05, 0.1) is 0 Å². The Labute approximate surface area is 372 Å². The number of nitrogens with zero attached hydrogens (tertiary/aromatic N) is 1. The second-order valence-electron chi connectivity index (χ2n) is 16.5. The Bertz CT molecular complexity index is 3660. The first-order valence-electron chi connectivity index (χ1n) is 21.9. The lowest BCUT2D eigenvalue weighted by Gasteiger charge is -2.26. The van der Waals surface area contributed by atoms with E-state index in [1.807, 2.05) is 0 Å². The molecular formula is C62H41NO. The summed E-state index contributed by atoms with van der Waals surface area (Å²) in [4.78, 5) is 2.37. The predicted octanol–water partition coefficient (Wildman–Crippen LogP) is 17.7. The first-order valence-corrected chi connectivity index (χ1v) is 21.9. The molecule has 0 radical (unpaired) electrons. The standard InChI is InChI=1S/C62H41NO/c1-2-12-42(13-3-1)48-17-8-18-49(38-48)44-28-33-54(34-29-44)63(55-35-30-45(31-36-55)50-19-9-20-51(39-50)52-27-26-43-14-4-5-16-47(43)40-52)56-22-10-21-53(41-56)57-24-11-25-60-61(57)59-37-32-46-15-6-7-23-58(46)62(59)64-60/h1-41H. The summed E-state index contributed by atoms with van der Waals surface area (Å²) in [6.45, 7) is 0. The fourth-order valence-corrected chi connectivity index (χ4v) is 9.42. The van der Waals surface area contributed by atoms with Crippen LogP contribution >= 0.6 is 0 Å². The van der Waals surface area contributed by atoms with Gasteiger partial charge in [0.25, 0.3) is 0 Å². The molecule has 1 aromatic heterocycles. The summed E-state index contributed by atoms with van der Waals surface area (Å²) >= 11 is 0. The summed E-state index contributed by atoms with van der Waals surface area (Å²) in [6.07, 6.45) is 0. The van der Waals surface area contributed by atoms with Crippen molar-refractivity contribution in [2.75, 3.05) is 4.90 Å². The van der Waals surface area contributed by atoms with Crippen molar-refractivity contribution in [3.8, 4) is 55.6 Å². The Kier molecular flexibility index (Phi) is 9.20. The molecule has 2 nitrogen and oxygen atoms in total. The fraction of sp³-hybridized carbons (Fsp3) is 0. The summed E-state index contributed by atoms with van der Waals surface area (Å²) in [5, 5.41) is 7.05. The lowest BCUT2D eigenvalue weighted by molar-refractivity contribution is 0.673. The fourth-order valence-electron chi connectivity index (χ4n) is 9.42. The van der Waals surface area contributed by atoms with Crippen LogP contribution in [0.1, 0.15) is 0 Å². The Morgan fingerprint density at radius 2 is 0.766 bits per heavy atom. The molecule has 0 N–H and O–H groups in total. The molecule has 1 heterocycles. The number of furan rings is 1. The van der Waals surface area contributed by atoms with Crippen LogP contribution < -0.4 is 4.90 Å². The van der Waals surface area contributed by atoms with Crippen LogP contribution in [0.3, 0.4) is 0 Å². The summed E-state index contributed by atoms with van der Waals surface area (Å²) in [5.74, 6) is 0. The molecule has 0 fully saturated rings. The molecule has 12 rings (SSSR count). The lowest BCUT2D eigenvalue weighted by atomic mass is 9.96. The second kappa shape index (κ2) is 15.8. The molecule has 0 unspecified atom stereocenters. The highest BCUT2D eigenvalue weighted by Gasteiger charge is 2.18. The average Bonchev–Trinajstić information content (AvgIpc) is 3.77.